The van der Waals surface area contributed by atoms with Crippen LogP contribution < -0.4 is 10.6 Å². The van der Waals surface area contributed by atoms with Crippen molar-refractivity contribution in [2.24, 2.45) is 10.7 Å². The summed E-state index contributed by atoms with van der Waals surface area (Å²) in [4.78, 5) is 6.57. The largest absolute Gasteiger partial charge is 0.390 e. The molecule has 18 heavy (non-hydrogen) atoms. The molecule has 0 saturated carbocycles. The molecule has 0 aliphatic carbocycles. The lowest BCUT2D eigenvalue weighted by atomic mass is 10.0. The predicted octanol–water partition coefficient (Wildman–Crippen LogP) is 2.00. The summed E-state index contributed by atoms with van der Waals surface area (Å²) >= 11 is 0. The van der Waals surface area contributed by atoms with E-state index in [0.29, 0.717) is 6.04 Å². The van der Waals surface area contributed by atoms with Gasteiger partial charge in [-0.05, 0) is 25.0 Å². The Kier molecular flexibility index (Phi) is 4.56. The Labute approximate surface area is 111 Å². The van der Waals surface area contributed by atoms with Crippen LogP contribution in [0.3, 0.4) is 0 Å². The van der Waals surface area contributed by atoms with E-state index in [0.717, 1.165) is 24.5 Å². The van der Waals surface area contributed by atoms with Crippen molar-refractivity contribution in [3.05, 3.63) is 24.3 Å². The van der Waals surface area contributed by atoms with Crippen LogP contribution in [0.15, 0.2) is 29.3 Å². The summed E-state index contributed by atoms with van der Waals surface area (Å²) in [6, 6.07) is 8.72. The minimum atomic E-state index is 0.580. The fraction of sp³-hybridized carbons (Fsp3) is 0.462. The summed E-state index contributed by atoms with van der Waals surface area (Å²) in [6.07, 6.45) is 3.72. The van der Waals surface area contributed by atoms with Crippen LogP contribution in [0.25, 0.3) is 0 Å². The first-order valence-electron chi connectivity index (χ1n) is 6.28. The molecule has 4 nitrogen and oxygen atoms in total. The molecule has 0 aromatic heterocycles. The van der Waals surface area contributed by atoms with Gasteiger partial charge in [0.05, 0.1) is 17.7 Å². The fourth-order valence-corrected chi connectivity index (χ4v) is 2.72. The second-order valence-electron chi connectivity index (χ2n) is 4.64. The SMILES string of the molecule is CN(c1ccccc1N=CN)C1CCN(P)CC1. The van der Waals surface area contributed by atoms with Gasteiger partial charge in [-0.15, -0.1) is 0 Å². The van der Waals surface area contributed by atoms with Gasteiger partial charge >= 0.3 is 0 Å². The van der Waals surface area contributed by atoms with Crippen LogP contribution in [-0.2, 0) is 0 Å². The number of hydrogen-bond acceptors (Lipinski definition) is 3. The third-order valence-corrected chi connectivity index (χ3v) is 4.04. The summed E-state index contributed by atoms with van der Waals surface area (Å²) in [5, 5.41) is 0. The number of piperidine rings is 1. The Morgan fingerprint density at radius 2 is 2.06 bits per heavy atom. The van der Waals surface area contributed by atoms with E-state index in [9.17, 15) is 0 Å². The lowest BCUT2D eigenvalue weighted by Gasteiger charge is -2.36. The van der Waals surface area contributed by atoms with Gasteiger partial charge in [0.1, 0.15) is 0 Å². The van der Waals surface area contributed by atoms with Gasteiger partial charge in [0.2, 0.25) is 0 Å². The van der Waals surface area contributed by atoms with Crippen LogP contribution in [0.4, 0.5) is 11.4 Å². The monoisotopic (exact) mass is 264 g/mol. The Bertz CT molecular complexity index is 413. The van der Waals surface area contributed by atoms with Crippen LogP contribution in [-0.4, -0.2) is 37.2 Å². The first-order valence-corrected chi connectivity index (χ1v) is 6.80. The third kappa shape index (κ3) is 3.01. The first kappa shape index (κ1) is 13.3. The molecule has 0 spiro atoms. The van der Waals surface area contributed by atoms with Gasteiger partial charge in [-0.3, -0.25) is 4.67 Å². The molecule has 0 amide bonds. The molecule has 1 unspecified atom stereocenters. The Balaban J connectivity index is 2.15. The van der Waals surface area contributed by atoms with E-state index < -0.39 is 0 Å². The molecule has 1 aliphatic rings. The van der Waals surface area contributed by atoms with Gasteiger partial charge in [-0.25, -0.2) is 4.99 Å². The second kappa shape index (κ2) is 6.17. The molecule has 2 rings (SSSR count). The number of aliphatic imine (C=N–C) groups is 1. The average molecular weight is 264 g/mol. The molecule has 98 valence electrons. The van der Waals surface area contributed by atoms with E-state index in [-0.39, 0.29) is 0 Å². The Hall–Kier alpha value is -1.12. The zero-order valence-corrected chi connectivity index (χ0v) is 11.9. The van der Waals surface area contributed by atoms with Gasteiger partial charge in [-0.2, -0.15) is 0 Å². The van der Waals surface area contributed by atoms with Crippen molar-refractivity contribution in [1.82, 2.24) is 4.67 Å². The van der Waals surface area contributed by atoms with Crippen LogP contribution in [0, 0.1) is 0 Å². The molecule has 1 fully saturated rings. The van der Waals surface area contributed by atoms with Gasteiger partial charge in [0.15, 0.2) is 0 Å². The molecule has 1 atom stereocenters. The van der Waals surface area contributed by atoms with E-state index in [4.69, 9.17) is 5.73 Å². The average Bonchev–Trinajstić information content (AvgIpc) is 2.40. The van der Waals surface area contributed by atoms with Gasteiger partial charge < -0.3 is 10.6 Å². The highest BCUT2D eigenvalue weighted by Gasteiger charge is 2.22. The van der Waals surface area contributed by atoms with Crippen molar-refractivity contribution in [2.75, 3.05) is 25.0 Å². The van der Waals surface area contributed by atoms with E-state index in [1.807, 2.05) is 18.2 Å². The number of hydrogen-bond donors (Lipinski definition) is 1. The second-order valence-corrected chi connectivity index (χ2v) is 5.38. The number of nitrogens with two attached hydrogens (primary N) is 1. The first-order chi connectivity index (χ1) is 8.72. The molecule has 1 aliphatic heterocycles. The quantitative estimate of drug-likeness (QED) is 0.516. The highest BCUT2D eigenvalue weighted by Crippen LogP contribution is 2.31. The van der Waals surface area contributed by atoms with Crippen molar-refractivity contribution < 1.29 is 0 Å². The van der Waals surface area contributed by atoms with Gasteiger partial charge in [0, 0.05) is 26.2 Å². The minimum Gasteiger partial charge on any atom is -0.390 e. The molecule has 0 bridgehead atoms. The molecular weight excluding hydrogens is 243 g/mol. The maximum atomic E-state index is 5.41. The zero-order chi connectivity index (χ0) is 13.0. The molecule has 1 heterocycles. The van der Waals surface area contributed by atoms with E-state index in [1.54, 1.807) is 0 Å². The zero-order valence-electron chi connectivity index (χ0n) is 10.8. The summed E-state index contributed by atoms with van der Waals surface area (Å²) in [7, 11) is 4.93. The number of nitrogens with zero attached hydrogens (tertiary/aromatic N) is 3. The highest BCUT2D eigenvalue weighted by molar-refractivity contribution is 7.13. The topological polar surface area (TPSA) is 44.9 Å². The van der Waals surface area contributed by atoms with Crippen molar-refractivity contribution in [3.63, 3.8) is 0 Å². The summed E-state index contributed by atoms with van der Waals surface area (Å²) < 4.78 is 2.30. The van der Waals surface area contributed by atoms with Crippen molar-refractivity contribution in [1.29, 1.82) is 0 Å². The molecule has 1 aromatic carbocycles. The van der Waals surface area contributed by atoms with Crippen LogP contribution in [0.1, 0.15) is 12.8 Å². The molecule has 1 aromatic rings. The maximum Gasteiger partial charge on any atom is 0.0880 e. The Morgan fingerprint density at radius 1 is 1.39 bits per heavy atom. The third-order valence-electron chi connectivity index (χ3n) is 3.52. The van der Waals surface area contributed by atoms with Crippen LogP contribution in [0.5, 0.6) is 0 Å². The molecule has 0 radical (unpaired) electrons. The van der Waals surface area contributed by atoms with E-state index in [2.05, 4.69) is 37.1 Å². The standard InChI is InChI=1S/C13H21N4P/c1-16(11-6-8-17(18)9-7-11)13-5-3-2-4-12(13)15-10-14/h2-5,10-11H,6-9,18H2,1H3,(H2,14,15). The van der Waals surface area contributed by atoms with Crippen molar-refractivity contribution in [3.8, 4) is 0 Å². The smallest absolute Gasteiger partial charge is 0.0880 e. The van der Waals surface area contributed by atoms with E-state index in [1.165, 1.54) is 19.2 Å². The van der Waals surface area contributed by atoms with Gasteiger partial charge in [0.25, 0.3) is 0 Å². The molecule has 2 N–H and O–H groups in total. The van der Waals surface area contributed by atoms with Crippen LogP contribution in [0.2, 0.25) is 0 Å². The lowest BCUT2D eigenvalue weighted by molar-refractivity contribution is 0.338. The van der Waals surface area contributed by atoms with Gasteiger partial charge in [-0.1, -0.05) is 21.5 Å². The summed E-state index contributed by atoms with van der Waals surface area (Å²) in [5.41, 5.74) is 7.50. The Morgan fingerprint density at radius 3 is 2.72 bits per heavy atom. The number of benzene rings is 1. The normalized spacial score (nSPS) is 18.3. The van der Waals surface area contributed by atoms with E-state index >= 15 is 0 Å². The lowest BCUT2D eigenvalue weighted by Crippen LogP contribution is -2.40. The van der Waals surface area contributed by atoms with Crippen LogP contribution >= 0.6 is 9.39 Å². The molecule has 5 heteroatoms. The predicted molar refractivity (Wildman–Crippen MR) is 81.5 cm³/mol. The number of rotatable bonds is 3. The fourth-order valence-electron chi connectivity index (χ4n) is 2.42. The maximum absolute atomic E-state index is 5.41. The molecule has 1 saturated heterocycles. The summed E-state index contributed by atoms with van der Waals surface area (Å²) in [6.45, 7) is 2.25. The van der Waals surface area contributed by atoms with Crippen molar-refractivity contribution >= 4 is 27.1 Å². The number of para-hydroxylation sites is 2. The molecular formula is C13H21N4P. The summed E-state index contributed by atoms with van der Waals surface area (Å²) in [5.74, 6) is 0. The highest BCUT2D eigenvalue weighted by atomic mass is 31.0. The minimum absolute atomic E-state index is 0.580. The van der Waals surface area contributed by atoms with Crippen molar-refractivity contribution in [2.45, 2.75) is 18.9 Å². The number of anilines is 1.